The minimum Gasteiger partial charge on any atom is -0.324 e. The second-order valence-electron chi connectivity index (χ2n) is 7.21. The van der Waals surface area contributed by atoms with Crippen molar-refractivity contribution < 1.29 is 9.59 Å². The second kappa shape index (κ2) is 10.9. The lowest BCUT2D eigenvalue weighted by atomic mass is 10.2. The van der Waals surface area contributed by atoms with E-state index in [4.69, 9.17) is 11.6 Å². The number of halogens is 1. The van der Waals surface area contributed by atoms with Crippen LogP contribution >= 0.6 is 11.6 Å². The molecule has 2 aromatic rings. The van der Waals surface area contributed by atoms with Gasteiger partial charge in [0.25, 0.3) is 0 Å². The molecule has 2 aromatic carbocycles. The SMILES string of the molecule is C=CCN(C(=O)CN1CCN(CC(=O)Nc2ccccc2Cl)CC1)c1ccccc1. The summed E-state index contributed by atoms with van der Waals surface area (Å²) in [4.78, 5) is 31.1. The van der Waals surface area contributed by atoms with Crippen LogP contribution in [0.3, 0.4) is 0 Å². The minimum absolute atomic E-state index is 0.0472. The summed E-state index contributed by atoms with van der Waals surface area (Å²) in [6.07, 6.45) is 1.74. The highest BCUT2D eigenvalue weighted by molar-refractivity contribution is 6.33. The Kier molecular flexibility index (Phi) is 8.02. The molecule has 0 saturated carbocycles. The monoisotopic (exact) mass is 426 g/mol. The van der Waals surface area contributed by atoms with E-state index in [-0.39, 0.29) is 11.8 Å². The zero-order valence-electron chi connectivity index (χ0n) is 17.0. The van der Waals surface area contributed by atoms with Crippen LogP contribution in [-0.2, 0) is 9.59 Å². The van der Waals surface area contributed by atoms with E-state index < -0.39 is 0 Å². The van der Waals surface area contributed by atoms with E-state index in [2.05, 4.69) is 21.7 Å². The lowest BCUT2D eigenvalue weighted by molar-refractivity contribution is -0.121. The van der Waals surface area contributed by atoms with Crippen molar-refractivity contribution in [2.24, 2.45) is 0 Å². The van der Waals surface area contributed by atoms with Gasteiger partial charge in [-0.2, -0.15) is 0 Å². The third-order valence-corrected chi connectivity index (χ3v) is 5.35. The van der Waals surface area contributed by atoms with Crippen molar-refractivity contribution in [3.8, 4) is 0 Å². The van der Waals surface area contributed by atoms with Crippen LogP contribution < -0.4 is 10.2 Å². The molecule has 0 radical (unpaired) electrons. The Bertz CT molecular complexity index is 867. The van der Waals surface area contributed by atoms with E-state index in [0.717, 1.165) is 31.9 Å². The summed E-state index contributed by atoms with van der Waals surface area (Å²) in [5, 5.41) is 3.38. The van der Waals surface area contributed by atoms with Crippen LogP contribution in [-0.4, -0.2) is 67.4 Å². The molecule has 1 aliphatic heterocycles. The largest absolute Gasteiger partial charge is 0.324 e. The number of hydrogen-bond donors (Lipinski definition) is 1. The average molecular weight is 427 g/mol. The molecule has 0 bridgehead atoms. The maximum Gasteiger partial charge on any atom is 0.241 e. The molecule has 6 nitrogen and oxygen atoms in total. The minimum atomic E-state index is -0.0890. The number of carbonyl (C=O) groups excluding carboxylic acids is 2. The summed E-state index contributed by atoms with van der Waals surface area (Å²) < 4.78 is 0. The van der Waals surface area contributed by atoms with E-state index in [9.17, 15) is 9.59 Å². The topological polar surface area (TPSA) is 55.9 Å². The summed E-state index contributed by atoms with van der Waals surface area (Å²) in [7, 11) is 0. The number of anilines is 2. The summed E-state index contributed by atoms with van der Waals surface area (Å²) in [5.41, 5.74) is 1.49. The van der Waals surface area contributed by atoms with E-state index in [0.29, 0.717) is 30.3 Å². The molecule has 0 aromatic heterocycles. The quantitative estimate of drug-likeness (QED) is 0.659. The number of benzene rings is 2. The van der Waals surface area contributed by atoms with Crippen LogP contribution in [0.25, 0.3) is 0 Å². The summed E-state index contributed by atoms with van der Waals surface area (Å²) in [6, 6.07) is 16.8. The molecule has 30 heavy (non-hydrogen) atoms. The average Bonchev–Trinajstić information content (AvgIpc) is 2.75. The van der Waals surface area contributed by atoms with Crippen LogP contribution in [0.5, 0.6) is 0 Å². The highest BCUT2D eigenvalue weighted by atomic mass is 35.5. The molecule has 0 aliphatic carbocycles. The number of amides is 2. The van der Waals surface area contributed by atoms with Gasteiger partial charge in [-0.05, 0) is 24.3 Å². The van der Waals surface area contributed by atoms with Gasteiger partial charge in [0.1, 0.15) is 0 Å². The third kappa shape index (κ3) is 6.16. The van der Waals surface area contributed by atoms with E-state index in [1.54, 1.807) is 23.1 Å². The summed E-state index contributed by atoms with van der Waals surface area (Å²) >= 11 is 6.09. The van der Waals surface area contributed by atoms with Crippen molar-refractivity contribution in [3.63, 3.8) is 0 Å². The number of rotatable bonds is 8. The Balaban J connectivity index is 1.46. The lowest BCUT2D eigenvalue weighted by Gasteiger charge is -2.35. The van der Waals surface area contributed by atoms with Gasteiger partial charge in [0.15, 0.2) is 0 Å². The van der Waals surface area contributed by atoms with Crippen LogP contribution in [0.1, 0.15) is 0 Å². The van der Waals surface area contributed by atoms with Gasteiger partial charge in [0, 0.05) is 38.4 Å². The fraction of sp³-hybridized carbons (Fsp3) is 0.304. The molecule has 1 saturated heterocycles. The predicted octanol–water partition coefficient (Wildman–Crippen LogP) is 3.12. The van der Waals surface area contributed by atoms with Gasteiger partial charge >= 0.3 is 0 Å². The molecule has 1 heterocycles. The number of para-hydroxylation sites is 2. The fourth-order valence-electron chi connectivity index (χ4n) is 3.43. The molecule has 0 spiro atoms. The summed E-state index contributed by atoms with van der Waals surface area (Å²) in [5.74, 6) is -0.0418. The van der Waals surface area contributed by atoms with Gasteiger partial charge < -0.3 is 10.2 Å². The van der Waals surface area contributed by atoms with Crippen LogP contribution in [0.4, 0.5) is 11.4 Å². The number of carbonyl (C=O) groups is 2. The van der Waals surface area contributed by atoms with E-state index in [1.165, 1.54) is 0 Å². The van der Waals surface area contributed by atoms with E-state index >= 15 is 0 Å². The molecule has 2 amide bonds. The predicted molar refractivity (Wildman–Crippen MR) is 122 cm³/mol. The van der Waals surface area contributed by atoms with Gasteiger partial charge in [-0.15, -0.1) is 6.58 Å². The van der Waals surface area contributed by atoms with Crippen molar-refractivity contribution >= 4 is 34.8 Å². The lowest BCUT2D eigenvalue weighted by Crippen LogP contribution is -2.51. The highest BCUT2D eigenvalue weighted by Gasteiger charge is 2.23. The van der Waals surface area contributed by atoms with Crippen LogP contribution in [0.2, 0.25) is 5.02 Å². The molecule has 3 rings (SSSR count). The standard InChI is InChI=1S/C23H27ClN4O2/c1-2-12-28(19-8-4-3-5-9-19)23(30)18-27-15-13-26(14-16-27)17-22(29)25-21-11-7-6-10-20(21)24/h2-11H,1,12-18H2,(H,25,29). The number of hydrogen-bond acceptors (Lipinski definition) is 4. The van der Waals surface area contributed by atoms with Gasteiger partial charge in [0.05, 0.1) is 23.8 Å². The van der Waals surface area contributed by atoms with Crippen molar-refractivity contribution in [1.82, 2.24) is 9.80 Å². The van der Waals surface area contributed by atoms with Gasteiger partial charge in [-0.1, -0.05) is 48.0 Å². The van der Waals surface area contributed by atoms with Gasteiger partial charge in [-0.25, -0.2) is 0 Å². The molecular weight excluding hydrogens is 400 g/mol. The fourth-order valence-corrected chi connectivity index (χ4v) is 3.61. The Hall–Kier alpha value is -2.67. The third-order valence-electron chi connectivity index (χ3n) is 5.02. The Labute approximate surface area is 182 Å². The van der Waals surface area contributed by atoms with Crippen molar-refractivity contribution in [1.29, 1.82) is 0 Å². The molecule has 1 fully saturated rings. The van der Waals surface area contributed by atoms with Crippen molar-refractivity contribution in [2.75, 3.05) is 56.0 Å². The van der Waals surface area contributed by atoms with Crippen LogP contribution in [0.15, 0.2) is 67.3 Å². The smallest absolute Gasteiger partial charge is 0.241 e. The van der Waals surface area contributed by atoms with Crippen LogP contribution in [0, 0.1) is 0 Å². The normalized spacial score (nSPS) is 14.8. The van der Waals surface area contributed by atoms with Gasteiger partial charge in [-0.3, -0.25) is 19.4 Å². The molecular formula is C23H27ClN4O2. The highest BCUT2D eigenvalue weighted by Crippen LogP contribution is 2.20. The first-order valence-electron chi connectivity index (χ1n) is 10.0. The maximum absolute atomic E-state index is 12.8. The second-order valence-corrected chi connectivity index (χ2v) is 7.62. The molecule has 158 valence electrons. The molecule has 0 unspecified atom stereocenters. The molecule has 0 atom stereocenters. The number of nitrogens with zero attached hydrogens (tertiary/aromatic N) is 3. The first-order valence-corrected chi connectivity index (χ1v) is 10.4. The molecule has 1 N–H and O–H groups in total. The molecule has 7 heteroatoms. The summed E-state index contributed by atoms with van der Waals surface area (Å²) in [6.45, 7) is 7.84. The Morgan fingerprint density at radius 1 is 0.967 bits per heavy atom. The Morgan fingerprint density at radius 3 is 2.20 bits per heavy atom. The van der Waals surface area contributed by atoms with Crippen molar-refractivity contribution in [2.45, 2.75) is 0 Å². The zero-order valence-corrected chi connectivity index (χ0v) is 17.7. The van der Waals surface area contributed by atoms with E-state index in [1.807, 2.05) is 42.5 Å². The number of piperazine rings is 1. The zero-order chi connectivity index (χ0) is 21.3. The van der Waals surface area contributed by atoms with Crippen molar-refractivity contribution in [3.05, 3.63) is 72.3 Å². The first-order chi connectivity index (χ1) is 14.6. The molecule has 1 aliphatic rings. The van der Waals surface area contributed by atoms with Gasteiger partial charge in [0.2, 0.25) is 11.8 Å². The maximum atomic E-state index is 12.8. The Morgan fingerprint density at radius 2 is 1.57 bits per heavy atom. The number of nitrogens with one attached hydrogen (secondary N) is 1. The first kappa shape index (κ1) is 22.0.